The quantitative estimate of drug-likeness (QED) is 0.498. The highest BCUT2D eigenvalue weighted by Crippen LogP contribution is 2.26. The average Bonchev–Trinajstić information content (AvgIpc) is 3.35. The van der Waals surface area contributed by atoms with Gasteiger partial charge in [0.05, 0.1) is 0 Å². The lowest BCUT2D eigenvalue weighted by Crippen LogP contribution is -2.33. The summed E-state index contributed by atoms with van der Waals surface area (Å²) in [6, 6.07) is 16.9. The molecule has 1 aromatic heterocycles. The molecule has 0 atom stereocenters. The number of rotatable bonds is 8. The largest absolute Gasteiger partial charge is 0.372 e. The van der Waals surface area contributed by atoms with Crippen LogP contribution in [0.1, 0.15) is 53.6 Å². The van der Waals surface area contributed by atoms with Crippen LogP contribution in [0.3, 0.4) is 0 Å². The smallest absolute Gasteiger partial charge is 0.251 e. The van der Waals surface area contributed by atoms with E-state index in [2.05, 4.69) is 56.7 Å². The van der Waals surface area contributed by atoms with Crippen LogP contribution in [0.5, 0.6) is 0 Å². The number of nitrogens with one attached hydrogen (secondary N) is 2. The maximum Gasteiger partial charge on any atom is 0.251 e. The summed E-state index contributed by atoms with van der Waals surface area (Å²) in [6.07, 6.45) is 8.07. The zero-order valence-electron chi connectivity index (χ0n) is 17.9. The second-order valence-electron chi connectivity index (χ2n) is 7.99. The van der Waals surface area contributed by atoms with E-state index >= 15 is 0 Å². The molecule has 31 heavy (non-hydrogen) atoms. The molecule has 0 spiro atoms. The number of hydrogen-bond acceptors (Lipinski definition) is 5. The minimum Gasteiger partial charge on any atom is -0.372 e. The minimum atomic E-state index is -0.0582. The van der Waals surface area contributed by atoms with Crippen molar-refractivity contribution in [1.82, 2.24) is 20.5 Å². The van der Waals surface area contributed by atoms with Crippen LogP contribution in [-0.2, 0) is 12.3 Å². The first-order chi connectivity index (χ1) is 15.2. The standard InChI is InChI=1S/C24H29N5OS/c1-29(20-8-3-2-4-9-20)21-13-11-18(12-14-21)15-25-23(30)22-10-6-5-7-19(22)16-31-24-26-17-27-28-24/h5-7,10-14,17,20H,2-4,8-9,15-16H2,1H3,(H,25,30)(H,26,27,28). The minimum absolute atomic E-state index is 0.0582. The highest BCUT2D eigenvalue weighted by molar-refractivity contribution is 7.98. The molecule has 7 heteroatoms. The lowest BCUT2D eigenvalue weighted by molar-refractivity contribution is 0.0950. The molecule has 1 aliphatic carbocycles. The molecular formula is C24H29N5OS. The zero-order chi connectivity index (χ0) is 21.5. The number of carbonyl (C=O) groups excluding carboxylic acids is 1. The van der Waals surface area contributed by atoms with Gasteiger partial charge in [-0.25, -0.2) is 4.98 Å². The first kappa shape index (κ1) is 21.4. The first-order valence-corrected chi connectivity index (χ1v) is 11.9. The molecule has 0 unspecified atom stereocenters. The van der Waals surface area contributed by atoms with Crippen LogP contribution in [0.25, 0.3) is 0 Å². The number of thioether (sulfide) groups is 1. The fourth-order valence-electron chi connectivity index (χ4n) is 4.08. The Balaban J connectivity index is 1.33. The molecule has 0 aliphatic heterocycles. The van der Waals surface area contributed by atoms with E-state index in [1.807, 2.05) is 24.3 Å². The third-order valence-corrected chi connectivity index (χ3v) is 6.86. The Bertz CT molecular complexity index is 968. The number of hydrogen-bond donors (Lipinski definition) is 2. The highest BCUT2D eigenvalue weighted by Gasteiger charge is 2.18. The van der Waals surface area contributed by atoms with Gasteiger partial charge in [0.2, 0.25) is 0 Å². The predicted octanol–water partition coefficient (Wildman–Crippen LogP) is 4.80. The maximum atomic E-state index is 12.8. The van der Waals surface area contributed by atoms with Crippen LogP contribution in [0, 0.1) is 0 Å². The summed E-state index contributed by atoms with van der Waals surface area (Å²) in [5.41, 5.74) is 4.02. The van der Waals surface area contributed by atoms with Gasteiger partial charge in [-0.2, -0.15) is 5.10 Å². The van der Waals surface area contributed by atoms with Crippen molar-refractivity contribution in [3.05, 3.63) is 71.5 Å². The molecule has 6 nitrogen and oxygen atoms in total. The number of benzene rings is 2. The van der Waals surface area contributed by atoms with E-state index in [4.69, 9.17) is 0 Å². The molecule has 1 amide bonds. The van der Waals surface area contributed by atoms with Gasteiger partial charge in [-0.05, 0) is 42.2 Å². The van der Waals surface area contributed by atoms with Gasteiger partial charge in [0.25, 0.3) is 5.91 Å². The number of amides is 1. The number of anilines is 1. The molecule has 0 radical (unpaired) electrons. The van der Waals surface area contributed by atoms with Crippen LogP contribution >= 0.6 is 11.8 Å². The van der Waals surface area contributed by atoms with Gasteiger partial charge in [-0.15, -0.1) is 0 Å². The number of aromatic nitrogens is 3. The SMILES string of the molecule is CN(c1ccc(CNC(=O)c2ccccc2CSc2ncn[nH]2)cc1)C1CCCCC1. The number of H-pyrrole nitrogens is 1. The lowest BCUT2D eigenvalue weighted by Gasteiger charge is -2.33. The Morgan fingerprint density at radius 2 is 1.90 bits per heavy atom. The van der Waals surface area contributed by atoms with E-state index in [0.29, 0.717) is 23.9 Å². The Morgan fingerprint density at radius 3 is 2.65 bits per heavy atom. The van der Waals surface area contributed by atoms with E-state index < -0.39 is 0 Å². The van der Waals surface area contributed by atoms with Crippen LogP contribution in [0.4, 0.5) is 5.69 Å². The van der Waals surface area contributed by atoms with Gasteiger partial charge >= 0.3 is 0 Å². The molecule has 1 saturated carbocycles. The normalized spacial score (nSPS) is 14.4. The van der Waals surface area contributed by atoms with E-state index in [1.165, 1.54) is 55.9 Å². The molecule has 2 N–H and O–H groups in total. The van der Waals surface area contributed by atoms with Crippen molar-refractivity contribution in [2.75, 3.05) is 11.9 Å². The molecule has 1 fully saturated rings. The van der Waals surface area contributed by atoms with Gasteiger partial charge in [0.15, 0.2) is 5.16 Å². The number of carbonyl (C=O) groups is 1. The van der Waals surface area contributed by atoms with Crippen molar-refractivity contribution in [2.24, 2.45) is 0 Å². The Kier molecular flexibility index (Phi) is 7.25. The second kappa shape index (κ2) is 10.5. The van der Waals surface area contributed by atoms with Crippen molar-refractivity contribution >= 4 is 23.4 Å². The molecule has 162 valence electrons. The summed E-state index contributed by atoms with van der Waals surface area (Å²) in [5, 5.41) is 10.5. The van der Waals surface area contributed by atoms with E-state index in [9.17, 15) is 4.79 Å². The molecule has 1 aliphatic rings. The molecule has 4 rings (SSSR count). The van der Waals surface area contributed by atoms with Crippen LogP contribution in [0.2, 0.25) is 0 Å². The van der Waals surface area contributed by atoms with Crippen molar-refractivity contribution in [2.45, 2.75) is 55.6 Å². The van der Waals surface area contributed by atoms with Crippen molar-refractivity contribution < 1.29 is 4.79 Å². The predicted molar refractivity (Wildman–Crippen MR) is 125 cm³/mol. The van der Waals surface area contributed by atoms with Gasteiger partial charge in [-0.3, -0.25) is 9.89 Å². The summed E-state index contributed by atoms with van der Waals surface area (Å²) in [7, 11) is 2.19. The number of nitrogens with zero attached hydrogens (tertiary/aromatic N) is 3. The van der Waals surface area contributed by atoms with E-state index in [-0.39, 0.29) is 5.91 Å². The summed E-state index contributed by atoms with van der Waals surface area (Å²) in [6.45, 7) is 0.510. The van der Waals surface area contributed by atoms with Gasteiger partial charge in [0.1, 0.15) is 6.33 Å². The second-order valence-corrected chi connectivity index (χ2v) is 8.95. The fraction of sp³-hybridized carbons (Fsp3) is 0.375. The Labute approximate surface area is 187 Å². The molecule has 1 heterocycles. The summed E-state index contributed by atoms with van der Waals surface area (Å²) in [4.78, 5) is 19.3. The van der Waals surface area contributed by atoms with Crippen molar-refractivity contribution in [3.63, 3.8) is 0 Å². The van der Waals surface area contributed by atoms with E-state index in [0.717, 1.165) is 16.3 Å². The number of aromatic amines is 1. The fourth-order valence-corrected chi connectivity index (χ4v) is 4.87. The topological polar surface area (TPSA) is 73.9 Å². The summed E-state index contributed by atoms with van der Waals surface area (Å²) >= 11 is 1.53. The van der Waals surface area contributed by atoms with Gasteiger partial charge in [0, 0.05) is 36.6 Å². The molecule has 0 saturated heterocycles. The van der Waals surface area contributed by atoms with Crippen molar-refractivity contribution in [1.29, 1.82) is 0 Å². The van der Waals surface area contributed by atoms with E-state index in [1.54, 1.807) is 0 Å². The van der Waals surface area contributed by atoms with Crippen LogP contribution in [0.15, 0.2) is 60.0 Å². The first-order valence-electron chi connectivity index (χ1n) is 10.9. The van der Waals surface area contributed by atoms with Crippen LogP contribution < -0.4 is 10.2 Å². The molecule has 2 aromatic carbocycles. The van der Waals surface area contributed by atoms with Crippen molar-refractivity contribution in [3.8, 4) is 0 Å². The maximum absolute atomic E-state index is 12.8. The summed E-state index contributed by atoms with van der Waals surface area (Å²) in [5.74, 6) is 0.596. The zero-order valence-corrected chi connectivity index (χ0v) is 18.7. The summed E-state index contributed by atoms with van der Waals surface area (Å²) < 4.78 is 0. The third-order valence-electron chi connectivity index (χ3n) is 5.94. The average molecular weight is 436 g/mol. The molecular weight excluding hydrogens is 406 g/mol. The van der Waals surface area contributed by atoms with Crippen LogP contribution in [-0.4, -0.2) is 34.2 Å². The van der Waals surface area contributed by atoms with Gasteiger partial charge in [-0.1, -0.05) is 61.4 Å². The van der Waals surface area contributed by atoms with Gasteiger partial charge < -0.3 is 10.2 Å². The molecule has 0 bridgehead atoms. The Hall–Kier alpha value is -2.80. The monoisotopic (exact) mass is 435 g/mol. The molecule has 3 aromatic rings. The Morgan fingerprint density at radius 1 is 1.13 bits per heavy atom. The third kappa shape index (κ3) is 5.67. The lowest BCUT2D eigenvalue weighted by atomic mass is 9.94. The highest BCUT2D eigenvalue weighted by atomic mass is 32.2.